The quantitative estimate of drug-likeness (QED) is 0.746. The summed E-state index contributed by atoms with van der Waals surface area (Å²) in [6, 6.07) is 13.7. The third-order valence-electron chi connectivity index (χ3n) is 3.69. The van der Waals surface area contributed by atoms with Crippen molar-refractivity contribution in [2.24, 2.45) is 0 Å². The molecule has 0 atom stereocenters. The fourth-order valence-electron chi connectivity index (χ4n) is 2.31. The molecule has 122 valence electrons. The monoisotopic (exact) mass is 330 g/mol. The summed E-state index contributed by atoms with van der Waals surface area (Å²) in [5.41, 5.74) is 4.02. The van der Waals surface area contributed by atoms with Crippen LogP contribution in [0.4, 0.5) is 11.4 Å². The number of hydrogen-bond donors (Lipinski definition) is 2. The van der Waals surface area contributed by atoms with E-state index in [1.165, 1.54) is 18.4 Å². The van der Waals surface area contributed by atoms with Crippen LogP contribution in [0.2, 0.25) is 5.02 Å². The Kier molecular flexibility index (Phi) is 6.48. The SMILES string of the molecule is CCCCc1ccc(NCC(=O)Nc2ccc(Cl)cc2C)cc1. The second kappa shape index (κ2) is 8.59. The minimum Gasteiger partial charge on any atom is -0.376 e. The Hall–Kier alpha value is -2.00. The summed E-state index contributed by atoms with van der Waals surface area (Å²) in [4.78, 5) is 12.0. The van der Waals surface area contributed by atoms with Crippen LogP contribution in [0.3, 0.4) is 0 Å². The van der Waals surface area contributed by atoms with Gasteiger partial charge in [0, 0.05) is 16.4 Å². The minimum atomic E-state index is -0.0783. The van der Waals surface area contributed by atoms with Crippen LogP contribution in [0.25, 0.3) is 0 Å². The molecule has 0 fully saturated rings. The highest BCUT2D eigenvalue weighted by atomic mass is 35.5. The summed E-state index contributed by atoms with van der Waals surface area (Å²) in [7, 11) is 0. The molecule has 0 spiro atoms. The van der Waals surface area contributed by atoms with Crippen molar-refractivity contribution in [3.63, 3.8) is 0 Å². The van der Waals surface area contributed by atoms with E-state index >= 15 is 0 Å². The average Bonchev–Trinajstić information content (AvgIpc) is 2.54. The molecule has 0 heterocycles. The highest BCUT2D eigenvalue weighted by Crippen LogP contribution is 2.19. The van der Waals surface area contributed by atoms with Gasteiger partial charge in [-0.05, 0) is 61.2 Å². The van der Waals surface area contributed by atoms with Crippen molar-refractivity contribution < 1.29 is 4.79 Å². The molecule has 0 bridgehead atoms. The maximum absolute atomic E-state index is 12.0. The van der Waals surface area contributed by atoms with Crippen LogP contribution in [0.5, 0.6) is 0 Å². The second-order valence-corrected chi connectivity index (χ2v) is 6.10. The highest BCUT2D eigenvalue weighted by Gasteiger charge is 2.05. The van der Waals surface area contributed by atoms with E-state index in [1.807, 2.05) is 31.2 Å². The van der Waals surface area contributed by atoms with E-state index in [2.05, 4.69) is 29.7 Å². The Labute approximate surface area is 143 Å². The number of amides is 1. The van der Waals surface area contributed by atoms with Crippen LogP contribution in [0.1, 0.15) is 30.9 Å². The van der Waals surface area contributed by atoms with Gasteiger partial charge >= 0.3 is 0 Å². The van der Waals surface area contributed by atoms with Gasteiger partial charge in [0.05, 0.1) is 6.54 Å². The Bertz CT molecular complexity index is 653. The number of anilines is 2. The van der Waals surface area contributed by atoms with Crippen LogP contribution >= 0.6 is 11.6 Å². The van der Waals surface area contributed by atoms with Gasteiger partial charge in [-0.15, -0.1) is 0 Å². The smallest absolute Gasteiger partial charge is 0.243 e. The molecule has 0 aliphatic carbocycles. The van der Waals surface area contributed by atoms with Gasteiger partial charge in [-0.2, -0.15) is 0 Å². The number of benzene rings is 2. The summed E-state index contributed by atoms with van der Waals surface area (Å²) in [6.07, 6.45) is 3.51. The summed E-state index contributed by atoms with van der Waals surface area (Å²) >= 11 is 5.91. The van der Waals surface area contributed by atoms with E-state index in [4.69, 9.17) is 11.6 Å². The van der Waals surface area contributed by atoms with Gasteiger partial charge in [0.1, 0.15) is 0 Å². The lowest BCUT2D eigenvalue weighted by Crippen LogP contribution is -2.22. The van der Waals surface area contributed by atoms with E-state index in [1.54, 1.807) is 6.07 Å². The van der Waals surface area contributed by atoms with Crippen LogP contribution in [0.15, 0.2) is 42.5 Å². The maximum atomic E-state index is 12.0. The van der Waals surface area contributed by atoms with Crippen LogP contribution in [0, 0.1) is 6.92 Å². The zero-order chi connectivity index (χ0) is 16.7. The van der Waals surface area contributed by atoms with Crippen molar-refractivity contribution in [1.29, 1.82) is 0 Å². The number of aryl methyl sites for hydroxylation is 2. The fourth-order valence-corrected chi connectivity index (χ4v) is 2.54. The van der Waals surface area contributed by atoms with Gasteiger partial charge in [0.2, 0.25) is 5.91 Å². The molecule has 1 amide bonds. The minimum absolute atomic E-state index is 0.0783. The van der Waals surface area contributed by atoms with E-state index in [0.717, 1.165) is 23.4 Å². The Morgan fingerprint density at radius 2 is 1.87 bits per heavy atom. The number of rotatable bonds is 7. The molecule has 2 aromatic rings. The molecule has 3 nitrogen and oxygen atoms in total. The molecule has 0 aliphatic heterocycles. The van der Waals surface area contributed by atoms with Gasteiger partial charge < -0.3 is 10.6 Å². The van der Waals surface area contributed by atoms with E-state index < -0.39 is 0 Å². The van der Waals surface area contributed by atoms with Gasteiger partial charge in [-0.3, -0.25) is 4.79 Å². The van der Waals surface area contributed by atoms with Crippen molar-refractivity contribution in [2.75, 3.05) is 17.2 Å². The summed E-state index contributed by atoms with van der Waals surface area (Å²) in [6.45, 7) is 4.34. The molecule has 0 saturated heterocycles. The number of halogens is 1. The predicted molar refractivity (Wildman–Crippen MR) is 98.4 cm³/mol. The average molecular weight is 331 g/mol. The predicted octanol–water partition coefficient (Wildman–Crippen LogP) is 5.04. The van der Waals surface area contributed by atoms with Crippen molar-refractivity contribution in [2.45, 2.75) is 33.1 Å². The van der Waals surface area contributed by atoms with E-state index in [9.17, 15) is 4.79 Å². The van der Waals surface area contributed by atoms with E-state index in [-0.39, 0.29) is 12.5 Å². The third kappa shape index (κ3) is 5.61. The van der Waals surface area contributed by atoms with Crippen LogP contribution in [-0.2, 0) is 11.2 Å². The van der Waals surface area contributed by atoms with Gasteiger partial charge in [-0.25, -0.2) is 0 Å². The van der Waals surface area contributed by atoms with Crippen molar-refractivity contribution >= 4 is 28.9 Å². The van der Waals surface area contributed by atoms with E-state index in [0.29, 0.717) is 5.02 Å². The first-order chi connectivity index (χ1) is 11.1. The number of carbonyl (C=O) groups is 1. The first-order valence-electron chi connectivity index (χ1n) is 7.97. The normalized spacial score (nSPS) is 10.4. The Morgan fingerprint density at radius 1 is 1.13 bits per heavy atom. The van der Waals surface area contributed by atoms with Gasteiger partial charge in [-0.1, -0.05) is 37.1 Å². The Morgan fingerprint density at radius 3 is 2.52 bits per heavy atom. The molecule has 0 aromatic heterocycles. The Balaban J connectivity index is 1.84. The first-order valence-corrected chi connectivity index (χ1v) is 8.35. The van der Waals surface area contributed by atoms with Crippen molar-refractivity contribution in [3.8, 4) is 0 Å². The lowest BCUT2D eigenvalue weighted by atomic mass is 10.1. The molecule has 0 saturated carbocycles. The number of unbranched alkanes of at least 4 members (excludes halogenated alkanes) is 1. The number of nitrogens with one attached hydrogen (secondary N) is 2. The third-order valence-corrected chi connectivity index (χ3v) is 3.92. The second-order valence-electron chi connectivity index (χ2n) is 5.66. The fraction of sp³-hybridized carbons (Fsp3) is 0.316. The van der Waals surface area contributed by atoms with Crippen LogP contribution < -0.4 is 10.6 Å². The van der Waals surface area contributed by atoms with Crippen molar-refractivity contribution in [3.05, 3.63) is 58.6 Å². The highest BCUT2D eigenvalue weighted by molar-refractivity contribution is 6.30. The van der Waals surface area contributed by atoms with Crippen LogP contribution in [-0.4, -0.2) is 12.5 Å². The van der Waals surface area contributed by atoms with Gasteiger partial charge in [0.15, 0.2) is 0 Å². The van der Waals surface area contributed by atoms with Crippen molar-refractivity contribution in [1.82, 2.24) is 0 Å². The largest absolute Gasteiger partial charge is 0.376 e. The molecular weight excluding hydrogens is 308 g/mol. The maximum Gasteiger partial charge on any atom is 0.243 e. The van der Waals surface area contributed by atoms with Gasteiger partial charge in [0.25, 0.3) is 0 Å². The zero-order valence-corrected chi connectivity index (χ0v) is 14.4. The standard InChI is InChI=1S/C19H23ClN2O/c1-3-4-5-15-6-9-17(10-7-15)21-13-19(23)22-18-11-8-16(20)12-14(18)2/h6-12,21H,3-5,13H2,1-2H3,(H,22,23). The number of carbonyl (C=O) groups excluding carboxylic acids is 1. The molecule has 2 aromatic carbocycles. The topological polar surface area (TPSA) is 41.1 Å². The molecule has 0 unspecified atom stereocenters. The summed E-state index contributed by atoms with van der Waals surface area (Å²) < 4.78 is 0. The molecule has 0 aliphatic rings. The first kappa shape index (κ1) is 17.4. The lowest BCUT2D eigenvalue weighted by molar-refractivity contribution is -0.114. The number of hydrogen-bond acceptors (Lipinski definition) is 2. The summed E-state index contributed by atoms with van der Waals surface area (Å²) in [5.74, 6) is -0.0783. The lowest BCUT2D eigenvalue weighted by Gasteiger charge is -2.10. The molecule has 0 radical (unpaired) electrons. The molecule has 4 heteroatoms. The summed E-state index contributed by atoms with van der Waals surface area (Å²) in [5, 5.41) is 6.70. The zero-order valence-electron chi connectivity index (χ0n) is 13.7. The molecular formula is C19H23ClN2O. The molecule has 2 rings (SSSR count). The molecule has 2 N–H and O–H groups in total. The molecule has 23 heavy (non-hydrogen) atoms.